The van der Waals surface area contributed by atoms with Gasteiger partial charge in [0.2, 0.25) is 5.91 Å². The first-order chi connectivity index (χ1) is 38.8. The highest BCUT2D eigenvalue weighted by Crippen LogP contribution is 2.32. The first-order valence-corrected chi connectivity index (χ1v) is 31.0. The molecule has 1 aliphatic heterocycles. The number of hydrogen-bond acceptors (Lipinski definition) is 14. The van der Waals surface area contributed by atoms with E-state index in [0.29, 0.717) is 12.8 Å². The fourth-order valence-electron chi connectivity index (χ4n) is 9.61. The number of rotatable bonds is 42. The number of ether oxygens (including phenoxy) is 6. The third-order valence-electron chi connectivity index (χ3n) is 14.0. The SMILES string of the molecule is CCCCCCCCCCCCC/C=C/[C@@H](OC(=O)c1ccccc1)[C@H](CO[C@@H]1O[C@H](COC(=O)c2ccccc2)[C@H](OC(C)=O)[C@H](OS(=O)(=O)O)[C@H]1OC(=O)c1ccccc1)NC(=O)CCCCCCCCCCCCCCC. The van der Waals surface area contributed by atoms with Crippen LogP contribution in [-0.2, 0) is 52.6 Å². The second kappa shape index (κ2) is 39.9. The van der Waals surface area contributed by atoms with Crippen molar-refractivity contribution in [3.8, 4) is 0 Å². The van der Waals surface area contributed by atoms with Crippen LogP contribution in [0.2, 0.25) is 0 Å². The largest absolute Gasteiger partial charge is 0.459 e. The average molecular weight is 1130 g/mol. The van der Waals surface area contributed by atoms with Crippen LogP contribution in [0.1, 0.15) is 219 Å². The zero-order chi connectivity index (χ0) is 57.6. The number of amides is 1. The monoisotopic (exact) mass is 1130 g/mol. The molecule has 4 rings (SSSR count). The molecular weight excluding hydrogens is 1040 g/mol. The van der Waals surface area contributed by atoms with Crippen molar-refractivity contribution in [1.82, 2.24) is 5.32 Å². The normalized spacial score (nSPS) is 18.0. The lowest BCUT2D eigenvalue weighted by atomic mass is 9.98. The fraction of sp³-hybridized carbons (Fsp3) is 0.603. The minimum atomic E-state index is -5.42. The molecule has 1 amide bonds. The van der Waals surface area contributed by atoms with Gasteiger partial charge < -0.3 is 33.7 Å². The molecule has 3 aromatic rings. The summed E-state index contributed by atoms with van der Waals surface area (Å²) in [4.78, 5) is 67.8. The number of esters is 4. The molecule has 444 valence electrons. The van der Waals surface area contributed by atoms with E-state index in [2.05, 4.69) is 19.2 Å². The summed E-state index contributed by atoms with van der Waals surface area (Å²) in [7, 11) is -5.42. The van der Waals surface area contributed by atoms with Crippen LogP contribution in [0.25, 0.3) is 0 Å². The Labute approximate surface area is 476 Å². The van der Waals surface area contributed by atoms with Crippen molar-refractivity contribution in [2.24, 2.45) is 0 Å². The molecule has 1 fully saturated rings. The molecule has 7 atom stereocenters. The average Bonchev–Trinajstić information content (AvgIpc) is 3.46. The highest BCUT2D eigenvalue weighted by atomic mass is 32.3. The van der Waals surface area contributed by atoms with Gasteiger partial charge in [-0.2, -0.15) is 8.42 Å². The summed E-state index contributed by atoms with van der Waals surface area (Å²) in [5, 5.41) is 3.03. The Hall–Kier alpha value is -5.46. The van der Waals surface area contributed by atoms with Gasteiger partial charge in [-0.15, -0.1) is 0 Å². The molecule has 0 saturated carbocycles. The Morgan fingerprint density at radius 1 is 0.575 bits per heavy atom. The molecule has 2 N–H and O–H groups in total. The lowest BCUT2D eigenvalue weighted by molar-refractivity contribution is -0.299. The van der Waals surface area contributed by atoms with Crippen LogP contribution in [-0.4, -0.2) is 98.8 Å². The van der Waals surface area contributed by atoms with Gasteiger partial charge in [0.05, 0.1) is 29.3 Å². The molecule has 1 heterocycles. The molecule has 16 nitrogen and oxygen atoms in total. The maximum atomic E-state index is 14.1. The number of allylic oxidation sites excluding steroid dienone is 1. The fourth-order valence-corrected chi connectivity index (χ4v) is 10.1. The molecule has 3 aromatic carbocycles. The first-order valence-electron chi connectivity index (χ1n) is 29.6. The number of carbonyl (C=O) groups is 5. The number of carbonyl (C=O) groups excluding carboxylic acids is 5. The molecule has 0 bridgehead atoms. The maximum absolute atomic E-state index is 14.1. The molecule has 0 spiro atoms. The number of benzene rings is 3. The van der Waals surface area contributed by atoms with Crippen molar-refractivity contribution >= 4 is 40.2 Å². The third kappa shape index (κ3) is 27.8. The number of unbranched alkanes of at least 4 members (excludes halogenated alkanes) is 23. The van der Waals surface area contributed by atoms with Gasteiger partial charge in [0, 0.05) is 13.3 Å². The first kappa shape index (κ1) is 67.0. The van der Waals surface area contributed by atoms with Gasteiger partial charge >= 0.3 is 34.3 Å². The van der Waals surface area contributed by atoms with E-state index >= 15 is 0 Å². The van der Waals surface area contributed by atoms with Crippen LogP contribution in [0.15, 0.2) is 103 Å². The highest BCUT2D eigenvalue weighted by molar-refractivity contribution is 7.80. The van der Waals surface area contributed by atoms with E-state index in [-0.39, 0.29) is 29.0 Å². The van der Waals surface area contributed by atoms with Gasteiger partial charge in [-0.25, -0.2) is 18.6 Å². The Balaban J connectivity index is 1.63. The third-order valence-corrected chi connectivity index (χ3v) is 14.5. The van der Waals surface area contributed by atoms with Crippen LogP contribution in [0.4, 0.5) is 0 Å². The van der Waals surface area contributed by atoms with Gasteiger partial charge in [0.15, 0.2) is 24.6 Å². The topological polar surface area (TPSA) is 216 Å². The molecule has 80 heavy (non-hydrogen) atoms. The molecule has 0 aliphatic carbocycles. The summed E-state index contributed by atoms with van der Waals surface area (Å²) < 4.78 is 76.8. The zero-order valence-electron chi connectivity index (χ0n) is 47.7. The maximum Gasteiger partial charge on any atom is 0.397 e. The van der Waals surface area contributed by atoms with E-state index < -0.39 is 90.3 Å². The van der Waals surface area contributed by atoms with Crippen molar-refractivity contribution in [2.75, 3.05) is 13.2 Å². The number of hydrogen-bond donors (Lipinski definition) is 2. The molecule has 1 aliphatic rings. The molecular formula is C63H91NO15S. The van der Waals surface area contributed by atoms with Crippen molar-refractivity contribution in [3.63, 3.8) is 0 Å². The Morgan fingerprint density at radius 3 is 1.50 bits per heavy atom. The molecule has 17 heteroatoms. The Kier molecular flexibility index (Phi) is 33.4. The van der Waals surface area contributed by atoms with Gasteiger partial charge in [-0.1, -0.05) is 216 Å². The van der Waals surface area contributed by atoms with E-state index in [0.717, 1.165) is 58.3 Å². The van der Waals surface area contributed by atoms with E-state index in [1.54, 1.807) is 72.8 Å². The van der Waals surface area contributed by atoms with E-state index in [1.165, 1.54) is 121 Å². The second-order valence-corrected chi connectivity index (χ2v) is 21.8. The highest BCUT2D eigenvalue weighted by Gasteiger charge is 2.54. The van der Waals surface area contributed by atoms with Crippen molar-refractivity contribution in [1.29, 1.82) is 0 Å². The van der Waals surface area contributed by atoms with Crippen molar-refractivity contribution < 1.29 is 69.5 Å². The van der Waals surface area contributed by atoms with Crippen molar-refractivity contribution in [3.05, 3.63) is 120 Å². The van der Waals surface area contributed by atoms with Crippen LogP contribution in [0.3, 0.4) is 0 Å². The van der Waals surface area contributed by atoms with Crippen LogP contribution in [0, 0.1) is 0 Å². The van der Waals surface area contributed by atoms with Gasteiger partial charge in [0.1, 0.15) is 18.8 Å². The zero-order valence-corrected chi connectivity index (χ0v) is 48.5. The Bertz CT molecular complexity index is 2330. The summed E-state index contributed by atoms with van der Waals surface area (Å²) in [6.07, 6.45) is 21.6. The molecule has 0 unspecified atom stereocenters. The predicted molar refractivity (Wildman–Crippen MR) is 307 cm³/mol. The van der Waals surface area contributed by atoms with Crippen LogP contribution in [0.5, 0.6) is 0 Å². The van der Waals surface area contributed by atoms with Crippen LogP contribution < -0.4 is 5.32 Å². The minimum absolute atomic E-state index is 0.0222. The van der Waals surface area contributed by atoms with Gasteiger partial charge in [-0.05, 0) is 61.7 Å². The summed E-state index contributed by atoms with van der Waals surface area (Å²) in [5.41, 5.74) is 0.437. The molecule has 1 saturated heterocycles. The van der Waals surface area contributed by atoms with Gasteiger partial charge in [0.25, 0.3) is 0 Å². The smallest absolute Gasteiger partial charge is 0.397 e. The standard InChI is InChI=1S/C63H91NO15S/c1-4-6-8-10-12-14-16-18-20-22-24-26-37-45-54(76-61(68)51-41-33-29-34-42-51)53(64-56(66)46-38-27-25-23-21-19-17-15-13-11-9-7-5-2)47-74-63-59(78-62(69)52-43-35-30-36-44-52)58(79-80(70,71)72)57(75-49(3)65)55(77-63)48-73-60(67)50-39-31-28-32-40-50/h28-37,39-45,53-55,57-59,63H,4-27,38,46-48H2,1-3H3,(H,64,66)(H,70,71,72)/b45-37+/t53-,54+,55+,57-,58-,59+,63+/m0/s1. The summed E-state index contributed by atoms with van der Waals surface area (Å²) >= 11 is 0. The minimum Gasteiger partial charge on any atom is -0.459 e. The lowest BCUT2D eigenvalue weighted by Gasteiger charge is -2.44. The van der Waals surface area contributed by atoms with Gasteiger partial charge in [-0.3, -0.25) is 14.1 Å². The van der Waals surface area contributed by atoms with E-state index in [9.17, 15) is 36.9 Å². The number of nitrogens with one attached hydrogen (secondary N) is 1. The summed E-state index contributed by atoms with van der Waals surface area (Å²) in [6, 6.07) is 22.9. The summed E-state index contributed by atoms with van der Waals surface area (Å²) in [6.45, 7) is 4.27. The summed E-state index contributed by atoms with van der Waals surface area (Å²) in [5.74, 6) is -3.81. The predicted octanol–water partition coefficient (Wildman–Crippen LogP) is 13.4. The van der Waals surface area contributed by atoms with E-state index in [4.69, 9.17) is 32.6 Å². The van der Waals surface area contributed by atoms with Crippen molar-refractivity contribution in [2.45, 2.75) is 231 Å². The second-order valence-electron chi connectivity index (χ2n) is 20.8. The quantitative estimate of drug-likeness (QED) is 0.0177. The van der Waals surface area contributed by atoms with Crippen LogP contribution >= 0.6 is 0 Å². The van der Waals surface area contributed by atoms with E-state index in [1.807, 2.05) is 6.08 Å². The Morgan fingerprint density at radius 2 is 1.02 bits per heavy atom. The molecule has 0 radical (unpaired) electrons. The lowest BCUT2D eigenvalue weighted by Crippen LogP contribution is -2.63. The molecule has 0 aromatic heterocycles.